The number of rotatable bonds is 3. The van der Waals surface area contributed by atoms with Gasteiger partial charge in [-0.15, -0.1) is 10.2 Å². The minimum absolute atomic E-state index is 0.185. The second kappa shape index (κ2) is 4.75. The summed E-state index contributed by atoms with van der Waals surface area (Å²) in [6.45, 7) is 1.75. The van der Waals surface area contributed by atoms with Crippen LogP contribution in [-0.2, 0) is 0 Å². The first-order chi connectivity index (χ1) is 8.49. The van der Waals surface area contributed by atoms with Gasteiger partial charge in [0.2, 0.25) is 0 Å². The number of benzene rings is 1. The van der Waals surface area contributed by atoms with E-state index in [1.807, 2.05) is 0 Å². The molecule has 1 aromatic heterocycles. The fourth-order valence-corrected chi connectivity index (χ4v) is 2.14. The molecule has 0 spiro atoms. The van der Waals surface area contributed by atoms with E-state index < -0.39 is 10.7 Å². The monoisotopic (exact) mass is 268 g/mol. The maximum absolute atomic E-state index is 13.7. The van der Waals surface area contributed by atoms with Crippen molar-refractivity contribution in [2.45, 2.75) is 13.0 Å². The molecule has 1 heterocycles. The predicted molar refractivity (Wildman–Crippen MR) is 64.6 cm³/mol. The Morgan fingerprint density at radius 2 is 2.22 bits per heavy atom. The molecule has 6 nitrogen and oxygen atoms in total. The Kier molecular flexibility index (Phi) is 3.30. The first-order valence-electron chi connectivity index (χ1n) is 5.02. The van der Waals surface area contributed by atoms with Crippen molar-refractivity contribution in [3.8, 4) is 10.6 Å². The molecule has 18 heavy (non-hydrogen) atoms. The highest BCUT2D eigenvalue weighted by molar-refractivity contribution is 7.14. The maximum Gasteiger partial charge on any atom is 0.272 e. The third kappa shape index (κ3) is 2.34. The molecule has 0 saturated carbocycles. The molecule has 1 unspecified atom stereocenters. The molecule has 2 rings (SSSR count). The van der Waals surface area contributed by atoms with Crippen molar-refractivity contribution in [2.24, 2.45) is 5.73 Å². The van der Waals surface area contributed by atoms with Gasteiger partial charge in [-0.05, 0) is 13.0 Å². The first kappa shape index (κ1) is 12.5. The third-order valence-corrected chi connectivity index (χ3v) is 3.38. The zero-order valence-electron chi connectivity index (χ0n) is 9.33. The van der Waals surface area contributed by atoms with E-state index in [-0.39, 0.29) is 17.3 Å². The number of halogens is 1. The van der Waals surface area contributed by atoms with Crippen LogP contribution in [0.2, 0.25) is 0 Å². The summed E-state index contributed by atoms with van der Waals surface area (Å²) in [5.41, 5.74) is 5.52. The van der Waals surface area contributed by atoms with E-state index >= 15 is 0 Å². The number of nitro groups is 1. The highest BCUT2D eigenvalue weighted by Crippen LogP contribution is 2.29. The normalized spacial score (nSPS) is 12.4. The van der Waals surface area contributed by atoms with Gasteiger partial charge in [0.1, 0.15) is 10.8 Å². The van der Waals surface area contributed by atoms with Gasteiger partial charge in [-0.3, -0.25) is 10.1 Å². The van der Waals surface area contributed by atoms with Crippen molar-refractivity contribution >= 4 is 17.0 Å². The fraction of sp³-hybridized carbons (Fsp3) is 0.200. The molecule has 1 aromatic carbocycles. The highest BCUT2D eigenvalue weighted by Gasteiger charge is 2.16. The summed E-state index contributed by atoms with van der Waals surface area (Å²) in [6.07, 6.45) is 0. The summed E-state index contributed by atoms with van der Waals surface area (Å²) in [5.74, 6) is -0.698. The van der Waals surface area contributed by atoms with Crippen molar-refractivity contribution in [1.82, 2.24) is 10.2 Å². The van der Waals surface area contributed by atoms with Crippen LogP contribution in [-0.4, -0.2) is 15.1 Å². The molecule has 2 N–H and O–H groups in total. The van der Waals surface area contributed by atoms with Crippen LogP contribution >= 0.6 is 11.3 Å². The van der Waals surface area contributed by atoms with Crippen molar-refractivity contribution in [3.63, 3.8) is 0 Å². The molecule has 0 radical (unpaired) electrons. The van der Waals surface area contributed by atoms with Crippen molar-refractivity contribution < 1.29 is 9.31 Å². The van der Waals surface area contributed by atoms with Gasteiger partial charge >= 0.3 is 0 Å². The highest BCUT2D eigenvalue weighted by atomic mass is 32.1. The van der Waals surface area contributed by atoms with Gasteiger partial charge in [-0.2, -0.15) is 0 Å². The molecule has 8 heteroatoms. The van der Waals surface area contributed by atoms with Crippen LogP contribution in [0.1, 0.15) is 18.0 Å². The van der Waals surface area contributed by atoms with E-state index in [2.05, 4.69) is 10.2 Å². The minimum atomic E-state index is -0.698. The third-order valence-electron chi connectivity index (χ3n) is 2.22. The second-order valence-corrected chi connectivity index (χ2v) is 4.66. The fourth-order valence-electron chi connectivity index (χ4n) is 1.32. The summed E-state index contributed by atoms with van der Waals surface area (Å²) in [5, 5.41) is 19.1. The Bertz CT molecular complexity index is 599. The average molecular weight is 268 g/mol. The molecule has 0 aliphatic heterocycles. The minimum Gasteiger partial charge on any atom is -0.322 e. The molecule has 1 atom stereocenters. The predicted octanol–water partition coefficient (Wildman–Crippen LogP) is 2.27. The van der Waals surface area contributed by atoms with Crippen LogP contribution in [0.15, 0.2) is 18.2 Å². The second-order valence-electron chi connectivity index (χ2n) is 3.66. The largest absolute Gasteiger partial charge is 0.322 e. The van der Waals surface area contributed by atoms with Gasteiger partial charge < -0.3 is 5.73 Å². The van der Waals surface area contributed by atoms with Crippen molar-refractivity contribution in [1.29, 1.82) is 0 Å². The molecule has 0 aliphatic carbocycles. The molecule has 2 aromatic rings. The number of non-ortho nitro benzene ring substituents is 1. The van der Waals surface area contributed by atoms with E-state index in [4.69, 9.17) is 5.73 Å². The smallest absolute Gasteiger partial charge is 0.272 e. The molecule has 0 fully saturated rings. The Morgan fingerprint density at radius 3 is 2.72 bits per heavy atom. The Hall–Kier alpha value is -1.93. The Balaban J connectivity index is 2.41. The molecule has 94 valence electrons. The van der Waals surface area contributed by atoms with E-state index in [0.717, 1.165) is 6.07 Å². The van der Waals surface area contributed by atoms with E-state index in [1.165, 1.54) is 23.5 Å². The summed E-state index contributed by atoms with van der Waals surface area (Å²) < 4.78 is 13.7. The van der Waals surface area contributed by atoms with Crippen molar-refractivity contribution in [3.05, 3.63) is 39.1 Å². The van der Waals surface area contributed by atoms with Gasteiger partial charge in [-0.1, -0.05) is 11.3 Å². The average Bonchev–Trinajstić information content (AvgIpc) is 2.78. The first-order valence-corrected chi connectivity index (χ1v) is 5.84. The van der Waals surface area contributed by atoms with Gasteiger partial charge in [0.25, 0.3) is 5.69 Å². The topological polar surface area (TPSA) is 94.9 Å². The lowest BCUT2D eigenvalue weighted by molar-refractivity contribution is -0.385. The quantitative estimate of drug-likeness (QED) is 0.680. The number of aromatic nitrogens is 2. The number of nitrogens with zero attached hydrogens (tertiary/aromatic N) is 3. The molecule has 0 bridgehead atoms. The summed E-state index contributed by atoms with van der Waals surface area (Å²) >= 11 is 1.17. The number of hydrogen-bond donors (Lipinski definition) is 1. The summed E-state index contributed by atoms with van der Waals surface area (Å²) in [6, 6.07) is 3.13. The van der Waals surface area contributed by atoms with Gasteiger partial charge in [0.15, 0.2) is 5.01 Å². The Morgan fingerprint density at radius 1 is 1.50 bits per heavy atom. The number of hydrogen-bond acceptors (Lipinski definition) is 6. The van der Waals surface area contributed by atoms with Crippen molar-refractivity contribution in [2.75, 3.05) is 0 Å². The molecule has 0 aliphatic rings. The van der Waals surface area contributed by atoms with Crippen LogP contribution in [0, 0.1) is 15.9 Å². The zero-order valence-corrected chi connectivity index (χ0v) is 10.1. The lowest BCUT2D eigenvalue weighted by Crippen LogP contribution is -2.03. The summed E-state index contributed by atoms with van der Waals surface area (Å²) in [4.78, 5) is 9.84. The maximum atomic E-state index is 13.7. The van der Waals surface area contributed by atoms with E-state index in [0.29, 0.717) is 10.0 Å². The van der Waals surface area contributed by atoms with Crippen LogP contribution in [0.5, 0.6) is 0 Å². The van der Waals surface area contributed by atoms with E-state index in [9.17, 15) is 14.5 Å². The van der Waals surface area contributed by atoms with Gasteiger partial charge in [-0.25, -0.2) is 4.39 Å². The van der Waals surface area contributed by atoms with Crippen LogP contribution < -0.4 is 5.73 Å². The molecular weight excluding hydrogens is 259 g/mol. The number of nitro benzene ring substituents is 1. The molecule has 0 amide bonds. The SMILES string of the molecule is CC(N)c1nnc(-c2ccc([N+](=O)[O-])cc2F)s1. The molecular formula is C10H9FN4O2S. The van der Waals surface area contributed by atoms with Crippen LogP contribution in [0.4, 0.5) is 10.1 Å². The van der Waals surface area contributed by atoms with Crippen LogP contribution in [0.3, 0.4) is 0 Å². The van der Waals surface area contributed by atoms with Gasteiger partial charge in [0.05, 0.1) is 17.0 Å². The van der Waals surface area contributed by atoms with Gasteiger partial charge in [0, 0.05) is 11.6 Å². The van der Waals surface area contributed by atoms with Crippen LogP contribution in [0.25, 0.3) is 10.6 Å². The van der Waals surface area contributed by atoms with E-state index in [1.54, 1.807) is 6.92 Å². The standard InChI is InChI=1S/C10H9FN4O2S/c1-5(12)9-13-14-10(18-9)7-3-2-6(15(16)17)4-8(7)11/h2-5H,12H2,1H3. The zero-order chi connectivity index (χ0) is 13.3. The lowest BCUT2D eigenvalue weighted by atomic mass is 10.2. The summed E-state index contributed by atoms with van der Waals surface area (Å²) in [7, 11) is 0. The Labute approximate surface area is 105 Å². The molecule has 0 saturated heterocycles. The lowest BCUT2D eigenvalue weighted by Gasteiger charge is -1.98. The number of nitrogens with two attached hydrogens (primary N) is 1.